The van der Waals surface area contributed by atoms with Crippen molar-refractivity contribution in [3.63, 3.8) is 0 Å². The molecule has 0 aliphatic rings. The van der Waals surface area contributed by atoms with Gasteiger partial charge in [-0.05, 0) is 49.9 Å². The molecular weight excluding hydrogens is 321 g/mol. The van der Waals surface area contributed by atoms with Gasteiger partial charge in [0.2, 0.25) is 0 Å². The monoisotopic (exact) mass is 339 g/mol. The lowest BCUT2D eigenvalue weighted by atomic mass is 9.98. The zero-order valence-corrected chi connectivity index (χ0v) is 13.5. The molecule has 0 spiro atoms. The minimum Gasteiger partial charge on any atom is -0.327 e. The van der Waals surface area contributed by atoms with Crippen LogP contribution in [0.1, 0.15) is 22.5 Å². The molecule has 1 unspecified atom stereocenters. The van der Waals surface area contributed by atoms with Gasteiger partial charge < -0.3 is 5.73 Å². The highest BCUT2D eigenvalue weighted by atomic mass is 79.9. The van der Waals surface area contributed by atoms with Crippen LogP contribution in [0, 0.1) is 19.7 Å². The van der Waals surface area contributed by atoms with Crippen molar-refractivity contribution in [3.05, 3.63) is 51.0 Å². The molecule has 0 saturated carbocycles. The van der Waals surface area contributed by atoms with Crippen molar-refractivity contribution in [1.29, 1.82) is 0 Å². The van der Waals surface area contributed by atoms with Crippen molar-refractivity contribution in [3.8, 4) is 0 Å². The number of hydrogen-bond acceptors (Lipinski definition) is 2. The first-order valence-corrected chi connectivity index (χ1v) is 7.36. The fourth-order valence-corrected chi connectivity index (χ4v) is 2.93. The van der Waals surface area contributed by atoms with E-state index in [9.17, 15) is 4.39 Å². The minimum atomic E-state index is -0.242. The summed E-state index contributed by atoms with van der Waals surface area (Å²) in [5, 5.41) is 4.40. The zero-order valence-electron chi connectivity index (χ0n) is 12.0. The van der Waals surface area contributed by atoms with Crippen molar-refractivity contribution in [2.45, 2.75) is 32.7 Å². The number of aromatic nitrogens is 2. The summed E-state index contributed by atoms with van der Waals surface area (Å²) in [6.45, 7) is 4.05. The van der Waals surface area contributed by atoms with Crippen LogP contribution in [0.2, 0.25) is 0 Å². The van der Waals surface area contributed by atoms with Gasteiger partial charge in [-0.2, -0.15) is 5.10 Å². The minimum absolute atomic E-state index is 0.0154. The smallest absolute Gasteiger partial charge is 0.124 e. The SMILES string of the molecule is Cc1nn(C)c(C)c1CC(N)Cc1ccc(F)cc1Br. The van der Waals surface area contributed by atoms with Crippen molar-refractivity contribution in [2.75, 3.05) is 0 Å². The van der Waals surface area contributed by atoms with Gasteiger partial charge in [-0.15, -0.1) is 0 Å². The molecule has 0 amide bonds. The normalized spacial score (nSPS) is 12.7. The Labute approximate surface area is 127 Å². The molecular formula is C15H19BrFN3. The van der Waals surface area contributed by atoms with E-state index < -0.39 is 0 Å². The highest BCUT2D eigenvalue weighted by Gasteiger charge is 2.14. The predicted octanol–water partition coefficient (Wildman–Crippen LogP) is 3.05. The van der Waals surface area contributed by atoms with E-state index >= 15 is 0 Å². The molecule has 0 aliphatic heterocycles. The molecule has 3 nitrogen and oxygen atoms in total. The van der Waals surface area contributed by atoms with Crippen LogP contribution < -0.4 is 5.73 Å². The quantitative estimate of drug-likeness (QED) is 0.930. The molecule has 1 aromatic heterocycles. The zero-order chi connectivity index (χ0) is 14.9. The Morgan fingerprint density at radius 3 is 2.60 bits per heavy atom. The van der Waals surface area contributed by atoms with Crippen molar-refractivity contribution >= 4 is 15.9 Å². The third-order valence-corrected chi connectivity index (χ3v) is 4.36. The number of nitrogens with two attached hydrogens (primary N) is 1. The Bertz CT molecular complexity index is 622. The maximum Gasteiger partial charge on any atom is 0.124 e. The van der Waals surface area contributed by atoms with Crippen molar-refractivity contribution < 1.29 is 4.39 Å². The third-order valence-electron chi connectivity index (χ3n) is 3.62. The van der Waals surface area contributed by atoms with E-state index in [-0.39, 0.29) is 11.9 Å². The molecule has 0 saturated heterocycles. The van der Waals surface area contributed by atoms with Gasteiger partial charge in [-0.3, -0.25) is 4.68 Å². The van der Waals surface area contributed by atoms with Crippen LogP contribution in [0.4, 0.5) is 4.39 Å². The fraction of sp³-hybridized carbons (Fsp3) is 0.400. The van der Waals surface area contributed by atoms with E-state index in [4.69, 9.17) is 5.73 Å². The second-order valence-electron chi connectivity index (χ2n) is 5.18. The summed E-state index contributed by atoms with van der Waals surface area (Å²) in [6.07, 6.45) is 1.48. The summed E-state index contributed by atoms with van der Waals surface area (Å²) in [5.41, 5.74) is 10.6. The lowest BCUT2D eigenvalue weighted by Crippen LogP contribution is -2.26. The van der Waals surface area contributed by atoms with Gasteiger partial charge in [0.05, 0.1) is 5.69 Å². The molecule has 1 aromatic carbocycles. The number of benzene rings is 1. The first kappa shape index (κ1) is 15.2. The van der Waals surface area contributed by atoms with E-state index in [1.165, 1.54) is 17.7 Å². The van der Waals surface area contributed by atoms with Crippen LogP contribution in [0.25, 0.3) is 0 Å². The van der Waals surface area contributed by atoms with Gasteiger partial charge in [0.15, 0.2) is 0 Å². The summed E-state index contributed by atoms with van der Waals surface area (Å²) >= 11 is 3.38. The number of aryl methyl sites for hydroxylation is 2. The molecule has 1 heterocycles. The summed E-state index contributed by atoms with van der Waals surface area (Å²) in [5.74, 6) is -0.242. The Kier molecular flexibility index (Phi) is 4.60. The first-order chi connectivity index (χ1) is 9.38. The predicted molar refractivity (Wildman–Crippen MR) is 82.2 cm³/mol. The lowest BCUT2D eigenvalue weighted by Gasteiger charge is -2.13. The molecule has 20 heavy (non-hydrogen) atoms. The molecule has 5 heteroatoms. The van der Waals surface area contributed by atoms with Gasteiger partial charge in [0.1, 0.15) is 5.82 Å². The summed E-state index contributed by atoms with van der Waals surface area (Å²) < 4.78 is 15.7. The molecule has 2 N–H and O–H groups in total. The number of rotatable bonds is 4. The van der Waals surface area contributed by atoms with Gasteiger partial charge >= 0.3 is 0 Å². The topological polar surface area (TPSA) is 43.8 Å². The van der Waals surface area contributed by atoms with E-state index in [0.29, 0.717) is 6.42 Å². The maximum absolute atomic E-state index is 13.1. The van der Waals surface area contributed by atoms with Crippen LogP contribution in [0.15, 0.2) is 22.7 Å². The van der Waals surface area contributed by atoms with E-state index in [2.05, 4.69) is 28.0 Å². The van der Waals surface area contributed by atoms with Crippen LogP contribution in [0.3, 0.4) is 0 Å². The molecule has 0 fully saturated rings. The number of hydrogen-bond donors (Lipinski definition) is 1. The van der Waals surface area contributed by atoms with Gasteiger partial charge in [-0.1, -0.05) is 22.0 Å². The Balaban J connectivity index is 2.11. The third kappa shape index (κ3) is 3.27. The van der Waals surface area contributed by atoms with Crippen LogP contribution in [-0.4, -0.2) is 15.8 Å². The molecule has 0 radical (unpaired) electrons. The summed E-state index contributed by atoms with van der Waals surface area (Å²) in [7, 11) is 1.94. The molecule has 108 valence electrons. The molecule has 2 rings (SSSR count). The van der Waals surface area contributed by atoms with E-state index in [1.807, 2.05) is 18.7 Å². The van der Waals surface area contributed by atoms with Crippen LogP contribution in [0.5, 0.6) is 0 Å². The van der Waals surface area contributed by atoms with Gasteiger partial charge in [-0.25, -0.2) is 4.39 Å². The standard InChI is InChI=1S/C15H19BrFN3/c1-9-14(10(2)20(3)19-9)8-13(18)6-11-4-5-12(17)7-15(11)16/h4-5,7,13H,6,8,18H2,1-3H3. The molecule has 0 aliphatic carbocycles. The Hall–Kier alpha value is -1.20. The van der Waals surface area contributed by atoms with Crippen molar-refractivity contribution in [1.82, 2.24) is 9.78 Å². The van der Waals surface area contributed by atoms with Crippen LogP contribution >= 0.6 is 15.9 Å². The van der Waals surface area contributed by atoms with Crippen LogP contribution in [-0.2, 0) is 19.9 Å². The van der Waals surface area contributed by atoms with Crippen molar-refractivity contribution in [2.24, 2.45) is 12.8 Å². The number of halogens is 2. The lowest BCUT2D eigenvalue weighted by molar-refractivity contribution is 0.621. The average molecular weight is 340 g/mol. The van der Waals surface area contributed by atoms with E-state index in [1.54, 1.807) is 6.07 Å². The summed E-state index contributed by atoms with van der Waals surface area (Å²) in [4.78, 5) is 0. The largest absolute Gasteiger partial charge is 0.327 e. The Morgan fingerprint density at radius 2 is 2.05 bits per heavy atom. The molecule has 1 atom stereocenters. The van der Waals surface area contributed by atoms with E-state index in [0.717, 1.165) is 27.8 Å². The second-order valence-corrected chi connectivity index (χ2v) is 6.03. The van der Waals surface area contributed by atoms with Gasteiger partial charge in [0.25, 0.3) is 0 Å². The van der Waals surface area contributed by atoms with Gasteiger partial charge in [0, 0.05) is 23.3 Å². The summed E-state index contributed by atoms with van der Waals surface area (Å²) in [6, 6.07) is 4.71. The molecule has 0 bridgehead atoms. The second kappa shape index (κ2) is 6.06. The highest BCUT2D eigenvalue weighted by Crippen LogP contribution is 2.21. The first-order valence-electron chi connectivity index (χ1n) is 6.57. The fourth-order valence-electron chi connectivity index (χ4n) is 2.42. The maximum atomic E-state index is 13.1. The highest BCUT2D eigenvalue weighted by molar-refractivity contribution is 9.10. The average Bonchev–Trinajstić information content (AvgIpc) is 2.60. The molecule has 2 aromatic rings. The Morgan fingerprint density at radius 1 is 1.35 bits per heavy atom. The number of nitrogens with zero attached hydrogens (tertiary/aromatic N) is 2.